The van der Waals surface area contributed by atoms with Crippen LogP contribution < -0.4 is 5.14 Å². The van der Waals surface area contributed by atoms with E-state index in [-0.39, 0.29) is 5.91 Å². The highest BCUT2D eigenvalue weighted by Gasteiger charge is 2.18. The molecule has 0 unspecified atom stereocenters. The first-order valence-electron chi connectivity index (χ1n) is 6.42. The van der Waals surface area contributed by atoms with Gasteiger partial charge in [-0.25, -0.2) is 0 Å². The molecule has 0 saturated carbocycles. The Hall–Kier alpha value is -1.33. The molecular formula is C14H20N2O2S. The Morgan fingerprint density at radius 2 is 1.84 bits per heavy atom. The molecule has 1 amide bonds. The van der Waals surface area contributed by atoms with Crippen molar-refractivity contribution in [1.29, 1.82) is 0 Å². The fourth-order valence-electron chi connectivity index (χ4n) is 1.78. The fraction of sp³-hybridized carbons (Fsp3) is 0.429. The van der Waals surface area contributed by atoms with Crippen LogP contribution in [0.25, 0.3) is 0 Å². The highest BCUT2D eigenvalue weighted by molar-refractivity contribution is 7.97. The number of amides is 1. The molecule has 1 heterocycles. The molecule has 1 aliphatic heterocycles. The van der Waals surface area contributed by atoms with Crippen LogP contribution in [0.15, 0.2) is 29.2 Å². The number of hydrogen-bond donors (Lipinski definition) is 1. The van der Waals surface area contributed by atoms with Crippen molar-refractivity contribution in [1.82, 2.24) is 4.90 Å². The molecule has 0 spiro atoms. The molecule has 0 bridgehead atoms. The summed E-state index contributed by atoms with van der Waals surface area (Å²) in [5, 5.41) is 5.42. The summed E-state index contributed by atoms with van der Waals surface area (Å²) in [7, 11) is 0. The molecule has 1 aromatic rings. The van der Waals surface area contributed by atoms with Crippen LogP contribution in [0.3, 0.4) is 0 Å². The normalized spacial score (nSPS) is 13.7. The fourth-order valence-corrected chi connectivity index (χ4v) is 2.07. The van der Waals surface area contributed by atoms with Gasteiger partial charge in [0.25, 0.3) is 5.91 Å². The second-order valence-electron chi connectivity index (χ2n) is 4.22. The Morgan fingerprint density at radius 1 is 1.32 bits per heavy atom. The number of hydrogen-bond acceptors (Lipinski definition) is 4. The van der Waals surface area contributed by atoms with E-state index in [1.54, 1.807) is 0 Å². The lowest BCUT2D eigenvalue weighted by molar-refractivity contribution is -0.107. The average Bonchev–Trinajstić information content (AvgIpc) is 3.01. The Bertz CT molecular complexity index is 400. The maximum atomic E-state index is 11.9. The lowest BCUT2D eigenvalue weighted by Gasteiger charge is -2.15. The monoisotopic (exact) mass is 280 g/mol. The summed E-state index contributed by atoms with van der Waals surface area (Å²) in [5.74, 6) is 0.140. The van der Waals surface area contributed by atoms with E-state index in [2.05, 4.69) is 0 Å². The van der Waals surface area contributed by atoms with Gasteiger partial charge in [-0.2, -0.15) is 0 Å². The minimum Gasteiger partial charge on any atom is -0.339 e. The molecule has 2 rings (SSSR count). The van der Waals surface area contributed by atoms with Crippen molar-refractivity contribution in [2.75, 3.05) is 13.1 Å². The van der Waals surface area contributed by atoms with E-state index in [0.717, 1.165) is 42.7 Å². The molecule has 104 valence electrons. The molecule has 0 aromatic heterocycles. The zero-order valence-corrected chi connectivity index (χ0v) is 12.0. The first-order chi connectivity index (χ1) is 9.22. The molecule has 1 aliphatic rings. The van der Waals surface area contributed by atoms with Crippen LogP contribution >= 0.6 is 11.9 Å². The van der Waals surface area contributed by atoms with Crippen LogP contribution in [0.1, 0.15) is 36.5 Å². The van der Waals surface area contributed by atoms with E-state index in [9.17, 15) is 9.59 Å². The molecule has 19 heavy (non-hydrogen) atoms. The van der Waals surface area contributed by atoms with Crippen molar-refractivity contribution in [3.8, 4) is 0 Å². The molecule has 0 aliphatic carbocycles. The molecule has 1 aromatic carbocycles. The SMILES string of the molecule is CCC=O.NSc1ccc(C(=O)N2CCCC2)cc1. The summed E-state index contributed by atoms with van der Waals surface area (Å²) in [6.45, 7) is 3.60. The number of benzene rings is 1. The maximum Gasteiger partial charge on any atom is 0.253 e. The number of nitrogens with two attached hydrogens (primary N) is 1. The van der Waals surface area contributed by atoms with Gasteiger partial charge in [0.05, 0.1) is 0 Å². The summed E-state index contributed by atoms with van der Waals surface area (Å²) >= 11 is 1.20. The standard InChI is InChI=1S/C11H14N2OS.C3H6O/c12-15-10-5-3-9(4-6-10)11(14)13-7-1-2-8-13;1-2-3-4/h3-6H,1-2,7-8,12H2;3H,2H2,1H3. The second kappa shape index (κ2) is 8.72. The highest BCUT2D eigenvalue weighted by atomic mass is 32.2. The molecule has 5 heteroatoms. The summed E-state index contributed by atoms with van der Waals surface area (Å²) in [6.07, 6.45) is 3.77. The van der Waals surface area contributed by atoms with E-state index in [1.165, 1.54) is 11.9 Å². The van der Waals surface area contributed by atoms with Gasteiger partial charge in [-0.3, -0.25) is 9.93 Å². The summed E-state index contributed by atoms with van der Waals surface area (Å²) in [4.78, 5) is 24.0. The zero-order chi connectivity index (χ0) is 14.1. The molecule has 4 nitrogen and oxygen atoms in total. The molecule has 1 fully saturated rings. The predicted molar refractivity (Wildman–Crippen MR) is 78.0 cm³/mol. The first kappa shape index (κ1) is 15.7. The van der Waals surface area contributed by atoms with Crippen LogP contribution in [-0.4, -0.2) is 30.2 Å². The number of likely N-dealkylation sites (tertiary alicyclic amines) is 1. The quantitative estimate of drug-likeness (QED) is 0.682. The average molecular weight is 280 g/mol. The Labute approximate surface area is 118 Å². The Balaban J connectivity index is 0.000000399. The lowest BCUT2D eigenvalue weighted by atomic mass is 10.2. The van der Waals surface area contributed by atoms with Crippen molar-refractivity contribution in [2.45, 2.75) is 31.1 Å². The van der Waals surface area contributed by atoms with E-state index in [0.29, 0.717) is 6.42 Å². The Kier molecular flexibility index (Phi) is 7.22. The molecule has 0 radical (unpaired) electrons. The highest BCUT2D eigenvalue weighted by Crippen LogP contribution is 2.16. The van der Waals surface area contributed by atoms with Gasteiger partial charge >= 0.3 is 0 Å². The van der Waals surface area contributed by atoms with Crippen LogP contribution in [0.2, 0.25) is 0 Å². The minimum atomic E-state index is 0.140. The molecule has 0 atom stereocenters. The van der Waals surface area contributed by atoms with E-state index in [4.69, 9.17) is 5.14 Å². The van der Waals surface area contributed by atoms with Gasteiger partial charge in [0.2, 0.25) is 0 Å². The van der Waals surface area contributed by atoms with Crippen LogP contribution in [-0.2, 0) is 4.79 Å². The third-order valence-corrected chi connectivity index (χ3v) is 3.34. The molecule has 1 saturated heterocycles. The Morgan fingerprint density at radius 3 is 2.26 bits per heavy atom. The topological polar surface area (TPSA) is 63.4 Å². The van der Waals surface area contributed by atoms with E-state index < -0.39 is 0 Å². The van der Waals surface area contributed by atoms with Crippen molar-refractivity contribution in [3.63, 3.8) is 0 Å². The lowest BCUT2D eigenvalue weighted by Crippen LogP contribution is -2.27. The maximum absolute atomic E-state index is 11.9. The molecule has 2 N–H and O–H groups in total. The molecular weight excluding hydrogens is 260 g/mol. The number of carbonyl (C=O) groups is 2. The van der Waals surface area contributed by atoms with Gasteiger partial charge in [-0.15, -0.1) is 0 Å². The van der Waals surface area contributed by atoms with Crippen molar-refractivity contribution >= 4 is 24.1 Å². The summed E-state index contributed by atoms with van der Waals surface area (Å²) in [5.41, 5.74) is 0.759. The van der Waals surface area contributed by atoms with Crippen molar-refractivity contribution in [2.24, 2.45) is 5.14 Å². The second-order valence-corrected chi connectivity index (χ2v) is 4.92. The summed E-state index contributed by atoms with van der Waals surface area (Å²) < 4.78 is 0. The number of carbonyl (C=O) groups excluding carboxylic acids is 2. The van der Waals surface area contributed by atoms with Gasteiger partial charge in [-0.05, 0) is 49.1 Å². The van der Waals surface area contributed by atoms with Gasteiger partial charge in [0, 0.05) is 30.0 Å². The third kappa shape index (κ3) is 5.04. The van der Waals surface area contributed by atoms with Crippen LogP contribution in [0.5, 0.6) is 0 Å². The van der Waals surface area contributed by atoms with Gasteiger partial charge < -0.3 is 9.69 Å². The van der Waals surface area contributed by atoms with Crippen molar-refractivity contribution in [3.05, 3.63) is 29.8 Å². The third-order valence-electron chi connectivity index (χ3n) is 2.80. The zero-order valence-electron chi connectivity index (χ0n) is 11.2. The minimum absolute atomic E-state index is 0.140. The van der Waals surface area contributed by atoms with E-state index >= 15 is 0 Å². The number of aldehydes is 1. The van der Waals surface area contributed by atoms with Crippen LogP contribution in [0.4, 0.5) is 0 Å². The smallest absolute Gasteiger partial charge is 0.253 e. The number of nitrogens with zero attached hydrogens (tertiary/aromatic N) is 1. The van der Waals surface area contributed by atoms with E-state index in [1.807, 2.05) is 36.1 Å². The van der Waals surface area contributed by atoms with Gasteiger partial charge in [0.15, 0.2) is 0 Å². The van der Waals surface area contributed by atoms with Gasteiger partial charge in [-0.1, -0.05) is 6.92 Å². The largest absolute Gasteiger partial charge is 0.339 e. The predicted octanol–water partition coefficient (Wildman–Crippen LogP) is 2.48. The first-order valence-corrected chi connectivity index (χ1v) is 7.30. The van der Waals surface area contributed by atoms with Gasteiger partial charge in [0.1, 0.15) is 6.29 Å². The van der Waals surface area contributed by atoms with Crippen molar-refractivity contribution < 1.29 is 9.59 Å². The number of rotatable bonds is 3. The van der Waals surface area contributed by atoms with Crippen LogP contribution in [0, 0.1) is 0 Å². The summed E-state index contributed by atoms with van der Waals surface area (Å²) in [6, 6.07) is 7.45.